The van der Waals surface area contributed by atoms with Crippen molar-refractivity contribution in [2.75, 3.05) is 18.1 Å². The fraction of sp³-hybridized carbons (Fsp3) is 0.417. The molecule has 92 valence electrons. The molecule has 17 heavy (non-hydrogen) atoms. The molecule has 0 amide bonds. The van der Waals surface area contributed by atoms with Gasteiger partial charge in [0.05, 0.1) is 5.56 Å². The third kappa shape index (κ3) is 4.63. The van der Waals surface area contributed by atoms with Crippen LogP contribution in [0.5, 0.6) is 0 Å². The van der Waals surface area contributed by atoms with Gasteiger partial charge in [-0.15, -0.1) is 0 Å². The van der Waals surface area contributed by atoms with Crippen molar-refractivity contribution < 1.29 is 8.60 Å². The molecule has 0 saturated heterocycles. The Morgan fingerprint density at radius 3 is 2.94 bits per heavy atom. The van der Waals surface area contributed by atoms with Gasteiger partial charge in [-0.3, -0.25) is 4.21 Å². The third-order valence-electron chi connectivity index (χ3n) is 2.31. The Hall–Kier alpha value is -1.25. The minimum absolute atomic E-state index is 0.0569. The zero-order chi connectivity index (χ0) is 12.7. The Bertz CT molecular complexity index is 443. The molecular weight excluding hydrogens is 239 g/mol. The molecule has 1 unspecified atom stereocenters. The molecule has 0 aliphatic carbocycles. The van der Waals surface area contributed by atoms with Crippen LogP contribution in [-0.4, -0.2) is 22.3 Å². The van der Waals surface area contributed by atoms with Crippen molar-refractivity contribution in [2.24, 2.45) is 0 Å². The third-order valence-corrected chi connectivity index (χ3v) is 3.61. The van der Waals surface area contributed by atoms with Crippen LogP contribution in [0.1, 0.15) is 18.1 Å². The van der Waals surface area contributed by atoms with Gasteiger partial charge in [-0.05, 0) is 17.7 Å². The maximum absolute atomic E-state index is 13.0. The topological polar surface area (TPSA) is 52.9 Å². The molecular formula is C12H15FN2OS. The summed E-state index contributed by atoms with van der Waals surface area (Å²) in [5, 5.41) is 11.8. The van der Waals surface area contributed by atoms with Crippen LogP contribution in [0.3, 0.4) is 0 Å². The first-order valence-electron chi connectivity index (χ1n) is 5.41. The number of nitrogens with one attached hydrogen (secondary N) is 1. The highest BCUT2D eigenvalue weighted by Crippen LogP contribution is 2.09. The smallest absolute Gasteiger partial charge is 0.140 e. The van der Waals surface area contributed by atoms with E-state index in [-0.39, 0.29) is 5.56 Å². The van der Waals surface area contributed by atoms with E-state index in [1.165, 1.54) is 12.1 Å². The number of rotatable bonds is 6. The van der Waals surface area contributed by atoms with E-state index in [1.807, 2.05) is 6.92 Å². The average Bonchev–Trinajstić information content (AvgIpc) is 2.36. The summed E-state index contributed by atoms with van der Waals surface area (Å²) in [6.45, 7) is 3.09. The van der Waals surface area contributed by atoms with Gasteiger partial charge < -0.3 is 5.32 Å². The summed E-state index contributed by atoms with van der Waals surface area (Å²) in [6.07, 6.45) is 0. The van der Waals surface area contributed by atoms with Crippen LogP contribution < -0.4 is 5.32 Å². The van der Waals surface area contributed by atoms with Crippen LogP contribution in [0.4, 0.5) is 4.39 Å². The second-order valence-electron chi connectivity index (χ2n) is 3.54. The molecule has 0 heterocycles. The second-order valence-corrected chi connectivity index (χ2v) is 5.40. The van der Waals surface area contributed by atoms with Crippen LogP contribution in [0.2, 0.25) is 0 Å². The van der Waals surface area contributed by atoms with Crippen molar-refractivity contribution in [2.45, 2.75) is 13.5 Å². The Labute approximate surface area is 103 Å². The van der Waals surface area contributed by atoms with E-state index >= 15 is 0 Å². The van der Waals surface area contributed by atoms with E-state index < -0.39 is 16.6 Å². The molecule has 5 heteroatoms. The van der Waals surface area contributed by atoms with Gasteiger partial charge in [-0.2, -0.15) is 5.26 Å². The van der Waals surface area contributed by atoms with Crippen LogP contribution in [0.15, 0.2) is 18.2 Å². The predicted molar refractivity (Wildman–Crippen MR) is 66.4 cm³/mol. The number of hydrogen-bond acceptors (Lipinski definition) is 3. The number of nitrogens with zero attached hydrogens (tertiary/aromatic N) is 1. The molecule has 1 aromatic carbocycles. The maximum atomic E-state index is 13.0. The number of halogens is 1. The van der Waals surface area contributed by atoms with Gasteiger partial charge in [0.2, 0.25) is 0 Å². The van der Waals surface area contributed by atoms with Crippen LogP contribution in [-0.2, 0) is 17.3 Å². The summed E-state index contributed by atoms with van der Waals surface area (Å²) in [5.41, 5.74) is 0.909. The standard InChI is InChI=1S/C12H15FN2OS/c1-2-17(16)6-5-15-9-10-3-4-12(13)11(7-10)8-14/h3-4,7,15H,2,5-6,9H2,1H3. The van der Waals surface area contributed by atoms with Crippen molar-refractivity contribution in [3.05, 3.63) is 35.1 Å². The number of nitriles is 1. The minimum atomic E-state index is -0.769. The van der Waals surface area contributed by atoms with E-state index in [2.05, 4.69) is 5.32 Å². The Balaban J connectivity index is 2.42. The van der Waals surface area contributed by atoms with Crippen molar-refractivity contribution >= 4 is 10.8 Å². The van der Waals surface area contributed by atoms with Crippen LogP contribution in [0.25, 0.3) is 0 Å². The fourth-order valence-corrected chi connectivity index (χ4v) is 1.99. The first-order valence-corrected chi connectivity index (χ1v) is 6.90. The summed E-state index contributed by atoms with van der Waals surface area (Å²) in [6, 6.07) is 6.26. The molecule has 1 atom stereocenters. The highest BCUT2D eigenvalue weighted by atomic mass is 32.2. The molecule has 0 saturated carbocycles. The summed E-state index contributed by atoms with van der Waals surface area (Å²) < 4.78 is 24.2. The van der Waals surface area contributed by atoms with Crippen LogP contribution in [0, 0.1) is 17.1 Å². The quantitative estimate of drug-likeness (QED) is 0.784. The van der Waals surface area contributed by atoms with Crippen molar-refractivity contribution in [1.29, 1.82) is 5.26 Å². The summed E-state index contributed by atoms with van der Waals surface area (Å²) in [4.78, 5) is 0. The molecule has 0 spiro atoms. The molecule has 1 rings (SSSR count). The van der Waals surface area contributed by atoms with E-state index in [0.29, 0.717) is 24.6 Å². The molecule has 0 aliphatic heterocycles. The molecule has 1 N–H and O–H groups in total. The van der Waals surface area contributed by atoms with Gasteiger partial charge in [0.1, 0.15) is 11.9 Å². The van der Waals surface area contributed by atoms with Crippen LogP contribution >= 0.6 is 0 Å². The van der Waals surface area contributed by atoms with Gasteiger partial charge in [-0.25, -0.2) is 4.39 Å². The molecule has 0 fully saturated rings. The SMILES string of the molecule is CCS(=O)CCNCc1ccc(F)c(C#N)c1. The zero-order valence-electron chi connectivity index (χ0n) is 9.70. The first kappa shape index (κ1) is 13.8. The lowest BCUT2D eigenvalue weighted by Gasteiger charge is -2.05. The van der Waals surface area contributed by atoms with E-state index in [1.54, 1.807) is 12.1 Å². The number of benzene rings is 1. The summed E-state index contributed by atoms with van der Waals surface area (Å²) in [5.74, 6) is 0.780. The lowest BCUT2D eigenvalue weighted by molar-refractivity contribution is 0.621. The van der Waals surface area contributed by atoms with E-state index in [4.69, 9.17) is 5.26 Å². The Kier molecular flexibility index (Phi) is 5.81. The average molecular weight is 254 g/mol. The van der Waals surface area contributed by atoms with Crippen molar-refractivity contribution in [3.63, 3.8) is 0 Å². The van der Waals surface area contributed by atoms with Gasteiger partial charge in [0.15, 0.2) is 0 Å². The minimum Gasteiger partial charge on any atom is -0.312 e. The summed E-state index contributed by atoms with van der Waals surface area (Å²) >= 11 is 0. The molecule has 0 aliphatic rings. The lowest BCUT2D eigenvalue weighted by atomic mass is 10.1. The Morgan fingerprint density at radius 2 is 2.29 bits per heavy atom. The molecule has 0 radical (unpaired) electrons. The molecule has 0 aromatic heterocycles. The van der Waals surface area contributed by atoms with Crippen molar-refractivity contribution in [1.82, 2.24) is 5.32 Å². The maximum Gasteiger partial charge on any atom is 0.140 e. The Morgan fingerprint density at radius 1 is 1.53 bits per heavy atom. The molecule has 3 nitrogen and oxygen atoms in total. The number of hydrogen-bond donors (Lipinski definition) is 1. The molecule has 0 bridgehead atoms. The van der Waals surface area contributed by atoms with Gasteiger partial charge in [0.25, 0.3) is 0 Å². The fourth-order valence-electron chi connectivity index (χ4n) is 1.33. The largest absolute Gasteiger partial charge is 0.312 e. The monoisotopic (exact) mass is 254 g/mol. The zero-order valence-corrected chi connectivity index (χ0v) is 10.5. The predicted octanol–water partition coefficient (Wildman–Crippen LogP) is 1.56. The lowest BCUT2D eigenvalue weighted by Crippen LogP contribution is -2.20. The van der Waals surface area contributed by atoms with E-state index in [0.717, 1.165) is 5.56 Å². The summed E-state index contributed by atoms with van der Waals surface area (Å²) in [7, 11) is -0.769. The second kappa shape index (κ2) is 7.15. The normalized spacial score (nSPS) is 12.1. The first-order chi connectivity index (χ1) is 8.17. The van der Waals surface area contributed by atoms with Gasteiger partial charge >= 0.3 is 0 Å². The highest BCUT2D eigenvalue weighted by Gasteiger charge is 2.02. The van der Waals surface area contributed by atoms with Gasteiger partial charge in [0, 0.05) is 35.4 Å². The van der Waals surface area contributed by atoms with E-state index in [9.17, 15) is 8.60 Å². The molecule has 1 aromatic rings. The van der Waals surface area contributed by atoms with Crippen molar-refractivity contribution in [3.8, 4) is 6.07 Å². The highest BCUT2D eigenvalue weighted by molar-refractivity contribution is 7.84. The van der Waals surface area contributed by atoms with Gasteiger partial charge in [-0.1, -0.05) is 13.0 Å².